The fourth-order valence-electron chi connectivity index (χ4n) is 4.85. The first-order chi connectivity index (χ1) is 13.1. The van der Waals surface area contributed by atoms with Crippen molar-refractivity contribution in [2.75, 3.05) is 13.7 Å². The lowest BCUT2D eigenvalue weighted by Gasteiger charge is -2.40. The van der Waals surface area contributed by atoms with Crippen LogP contribution in [0.2, 0.25) is 0 Å². The van der Waals surface area contributed by atoms with Crippen molar-refractivity contribution >= 4 is 12.1 Å². The van der Waals surface area contributed by atoms with Gasteiger partial charge in [-0.1, -0.05) is 0 Å². The first kappa shape index (κ1) is 22.9. The highest BCUT2D eigenvalue weighted by molar-refractivity contribution is 5.79. The molecule has 1 saturated heterocycles. The van der Waals surface area contributed by atoms with Gasteiger partial charge in [0.1, 0.15) is 5.54 Å². The van der Waals surface area contributed by atoms with Crippen LogP contribution >= 0.6 is 0 Å². The molecule has 28 heavy (non-hydrogen) atoms. The summed E-state index contributed by atoms with van der Waals surface area (Å²) in [5, 5.41) is 12.7. The molecular weight excluding hydrogens is 360 g/mol. The van der Waals surface area contributed by atoms with Crippen LogP contribution in [0.5, 0.6) is 0 Å². The van der Waals surface area contributed by atoms with Gasteiger partial charge in [-0.2, -0.15) is 0 Å². The lowest BCUT2D eigenvalue weighted by molar-refractivity contribution is -0.147. The predicted octanol–water partition coefficient (Wildman–Crippen LogP) is 3.41. The average Bonchev–Trinajstić information content (AvgIpc) is 2.61. The number of piperidine rings is 1. The van der Waals surface area contributed by atoms with Crippen LogP contribution in [-0.2, 0) is 14.3 Å². The summed E-state index contributed by atoms with van der Waals surface area (Å²) in [4.78, 5) is 24.7. The van der Waals surface area contributed by atoms with Crippen LogP contribution in [0.1, 0.15) is 72.6 Å². The number of methoxy groups -OCH3 is 1. The SMILES string of the molecule is COC(=O)C(C)(C)NC1CCC(CCOC2CC(C)N(C(=O)O)C(C)C2)CC1. The van der Waals surface area contributed by atoms with Crippen LogP contribution in [0.4, 0.5) is 4.79 Å². The molecule has 1 aliphatic carbocycles. The van der Waals surface area contributed by atoms with E-state index < -0.39 is 11.6 Å². The summed E-state index contributed by atoms with van der Waals surface area (Å²) in [7, 11) is 1.43. The van der Waals surface area contributed by atoms with Gasteiger partial charge in [-0.05, 0) is 78.6 Å². The van der Waals surface area contributed by atoms with Gasteiger partial charge in [0, 0.05) is 24.7 Å². The Hall–Kier alpha value is -1.34. The molecule has 1 saturated carbocycles. The van der Waals surface area contributed by atoms with Gasteiger partial charge in [-0.15, -0.1) is 0 Å². The Morgan fingerprint density at radius 1 is 1.11 bits per heavy atom. The summed E-state index contributed by atoms with van der Waals surface area (Å²) in [6, 6.07) is 0.366. The van der Waals surface area contributed by atoms with E-state index in [1.165, 1.54) is 7.11 Å². The number of carbonyl (C=O) groups is 2. The second-order valence-corrected chi connectivity index (χ2v) is 9.12. The van der Waals surface area contributed by atoms with Crippen molar-refractivity contribution in [3.05, 3.63) is 0 Å². The summed E-state index contributed by atoms with van der Waals surface area (Å²) < 4.78 is 11.0. The molecule has 0 radical (unpaired) electrons. The van der Waals surface area contributed by atoms with E-state index in [9.17, 15) is 14.7 Å². The molecule has 7 heteroatoms. The molecule has 0 aromatic carbocycles. The van der Waals surface area contributed by atoms with E-state index in [0.29, 0.717) is 12.0 Å². The van der Waals surface area contributed by atoms with Crippen molar-refractivity contribution in [1.82, 2.24) is 10.2 Å². The number of carboxylic acid groups (broad SMARTS) is 1. The van der Waals surface area contributed by atoms with Crippen molar-refractivity contribution in [3.63, 3.8) is 0 Å². The van der Waals surface area contributed by atoms with Gasteiger partial charge in [0.2, 0.25) is 0 Å². The number of rotatable bonds is 7. The maximum atomic E-state index is 11.8. The van der Waals surface area contributed by atoms with Gasteiger partial charge in [0.25, 0.3) is 0 Å². The smallest absolute Gasteiger partial charge is 0.407 e. The van der Waals surface area contributed by atoms with Gasteiger partial charge in [0.05, 0.1) is 13.2 Å². The summed E-state index contributed by atoms with van der Waals surface area (Å²) in [5.41, 5.74) is -0.645. The van der Waals surface area contributed by atoms with Crippen LogP contribution in [0, 0.1) is 5.92 Å². The van der Waals surface area contributed by atoms with E-state index in [-0.39, 0.29) is 24.2 Å². The maximum absolute atomic E-state index is 11.8. The van der Waals surface area contributed by atoms with Gasteiger partial charge in [0.15, 0.2) is 0 Å². The van der Waals surface area contributed by atoms with Crippen LogP contribution in [0.25, 0.3) is 0 Å². The van der Waals surface area contributed by atoms with Crippen molar-refractivity contribution in [2.24, 2.45) is 5.92 Å². The average molecular weight is 399 g/mol. The highest BCUT2D eigenvalue weighted by Crippen LogP contribution is 2.30. The number of hydrogen-bond donors (Lipinski definition) is 2. The predicted molar refractivity (Wildman–Crippen MR) is 107 cm³/mol. The Labute approximate surface area is 169 Å². The number of ether oxygens (including phenoxy) is 2. The van der Waals surface area contributed by atoms with Gasteiger partial charge >= 0.3 is 12.1 Å². The third-order valence-electron chi connectivity index (χ3n) is 6.37. The number of esters is 1. The van der Waals surface area contributed by atoms with Crippen molar-refractivity contribution in [1.29, 1.82) is 0 Å². The molecule has 1 amide bonds. The highest BCUT2D eigenvalue weighted by atomic mass is 16.5. The molecule has 0 bridgehead atoms. The second-order valence-electron chi connectivity index (χ2n) is 9.12. The molecule has 7 nitrogen and oxygen atoms in total. The zero-order valence-corrected chi connectivity index (χ0v) is 18.1. The van der Waals surface area contributed by atoms with Gasteiger partial charge < -0.3 is 19.5 Å². The lowest BCUT2D eigenvalue weighted by Crippen LogP contribution is -2.53. The fourth-order valence-corrected chi connectivity index (χ4v) is 4.85. The monoisotopic (exact) mass is 398 g/mol. The van der Waals surface area contributed by atoms with Crippen molar-refractivity contribution < 1.29 is 24.2 Å². The Kier molecular flexibility index (Phi) is 8.13. The van der Waals surface area contributed by atoms with Gasteiger partial charge in [-0.3, -0.25) is 10.1 Å². The minimum Gasteiger partial charge on any atom is -0.468 e. The number of nitrogens with one attached hydrogen (secondary N) is 1. The lowest BCUT2D eigenvalue weighted by atomic mass is 9.83. The molecule has 2 aliphatic rings. The maximum Gasteiger partial charge on any atom is 0.407 e. The van der Waals surface area contributed by atoms with E-state index >= 15 is 0 Å². The summed E-state index contributed by atoms with van der Waals surface area (Å²) in [6.07, 6.45) is 6.33. The topological polar surface area (TPSA) is 88.1 Å². The first-order valence-corrected chi connectivity index (χ1v) is 10.6. The Bertz CT molecular complexity index is 519. The van der Waals surface area contributed by atoms with Crippen molar-refractivity contribution in [2.45, 2.75) is 102 Å². The molecule has 162 valence electrons. The molecule has 1 aliphatic heterocycles. The fraction of sp³-hybridized carbons (Fsp3) is 0.905. The molecule has 0 aromatic heterocycles. The van der Waals surface area contributed by atoms with E-state index in [0.717, 1.165) is 51.6 Å². The molecule has 2 rings (SSSR count). The van der Waals surface area contributed by atoms with Crippen LogP contribution in [0.3, 0.4) is 0 Å². The van der Waals surface area contributed by atoms with Crippen molar-refractivity contribution in [3.8, 4) is 0 Å². The Morgan fingerprint density at radius 3 is 2.18 bits per heavy atom. The minimum absolute atomic E-state index is 0.00549. The molecule has 2 fully saturated rings. The largest absolute Gasteiger partial charge is 0.468 e. The molecule has 1 heterocycles. The molecule has 0 spiro atoms. The summed E-state index contributed by atoms with van der Waals surface area (Å²) >= 11 is 0. The van der Waals surface area contributed by atoms with E-state index in [4.69, 9.17) is 9.47 Å². The summed E-state index contributed by atoms with van der Waals surface area (Å²) in [5.74, 6) is 0.439. The van der Waals surface area contributed by atoms with Crippen LogP contribution in [-0.4, -0.2) is 65.6 Å². The number of nitrogens with zero attached hydrogens (tertiary/aromatic N) is 1. The molecule has 2 N–H and O–H groups in total. The molecule has 2 unspecified atom stereocenters. The standard InChI is InChI=1S/C21H38N2O5/c1-14-12-18(13-15(2)23(14)20(25)26)28-11-10-16-6-8-17(9-7-16)22-21(3,4)19(24)27-5/h14-18,22H,6-13H2,1-5H3,(H,25,26). The Balaban J connectivity index is 1.67. The first-order valence-electron chi connectivity index (χ1n) is 10.6. The quantitative estimate of drug-likeness (QED) is 0.639. The molecular formula is C21H38N2O5. The van der Waals surface area contributed by atoms with Gasteiger partial charge in [-0.25, -0.2) is 4.79 Å². The van der Waals surface area contributed by atoms with E-state index in [1.807, 2.05) is 27.7 Å². The number of carbonyl (C=O) groups excluding carboxylic acids is 1. The second kappa shape index (κ2) is 9.92. The highest BCUT2D eigenvalue weighted by Gasteiger charge is 2.35. The number of likely N-dealkylation sites (tertiary alicyclic amines) is 1. The number of hydrogen-bond acceptors (Lipinski definition) is 5. The molecule has 0 aromatic rings. The normalized spacial score (nSPS) is 31.5. The van der Waals surface area contributed by atoms with E-state index in [2.05, 4.69) is 5.32 Å². The minimum atomic E-state index is -0.834. The van der Waals surface area contributed by atoms with E-state index in [1.54, 1.807) is 4.90 Å². The third kappa shape index (κ3) is 6.08. The van der Waals surface area contributed by atoms with Crippen LogP contribution < -0.4 is 5.32 Å². The zero-order valence-electron chi connectivity index (χ0n) is 18.1. The summed E-state index contributed by atoms with van der Waals surface area (Å²) in [6.45, 7) is 8.41. The third-order valence-corrected chi connectivity index (χ3v) is 6.37. The molecule has 2 atom stereocenters. The zero-order chi connectivity index (χ0) is 20.9. The Morgan fingerprint density at radius 2 is 1.68 bits per heavy atom. The number of amides is 1. The van der Waals surface area contributed by atoms with Crippen LogP contribution in [0.15, 0.2) is 0 Å².